The van der Waals surface area contributed by atoms with E-state index < -0.39 is 0 Å². The molecule has 0 saturated carbocycles. The van der Waals surface area contributed by atoms with Crippen molar-refractivity contribution < 1.29 is 14.1 Å². The first-order valence-corrected chi connectivity index (χ1v) is 9.92. The van der Waals surface area contributed by atoms with Gasteiger partial charge in [-0.05, 0) is 31.2 Å². The monoisotopic (exact) mass is 396 g/mol. The molecular formula is C21H22N3O3S+. The number of hydrogen-bond donors (Lipinski definition) is 2. The van der Waals surface area contributed by atoms with E-state index in [9.17, 15) is 4.79 Å². The molecule has 3 heterocycles. The van der Waals surface area contributed by atoms with E-state index in [2.05, 4.69) is 30.0 Å². The third kappa shape index (κ3) is 3.58. The number of H-pyrrole nitrogens is 1. The molecule has 144 valence electrons. The van der Waals surface area contributed by atoms with Crippen molar-refractivity contribution in [2.45, 2.75) is 20.0 Å². The van der Waals surface area contributed by atoms with E-state index in [-0.39, 0.29) is 5.56 Å². The Morgan fingerprint density at radius 1 is 1.29 bits per heavy atom. The van der Waals surface area contributed by atoms with Crippen LogP contribution >= 0.6 is 11.3 Å². The Hall–Kier alpha value is -2.90. The van der Waals surface area contributed by atoms with Gasteiger partial charge in [-0.3, -0.25) is 4.79 Å². The normalized spacial score (nSPS) is 12.4. The van der Waals surface area contributed by atoms with Gasteiger partial charge < -0.3 is 19.0 Å². The second-order valence-corrected chi connectivity index (χ2v) is 7.80. The molecule has 0 radical (unpaired) electrons. The number of aryl methyl sites for hydroxylation is 1. The van der Waals surface area contributed by atoms with E-state index >= 15 is 0 Å². The molecule has 4 rings (SSSR count). The number of thiophene rings is 1. The summed E-state index contributed by atoms with van der Waals surface area (Å²) in [6.07, 6.45) is 1.60. The van der Waals surface area contributed by atoms with Crippen LogP contribution in [0.1, 0.15) is 17.0 Å². The van der Waals surface area contributed by atoms with Crippen LogP contribution in [0.25, 0.3) is 21.5 Å². The number of aromatic nitrogens is 2. The number of fused-ring (bicyclic) bond motifs is 1. The summed E-state index contributed by atoms with van der Waals surface area (Å²) in [7, 11) is 3.76. The maximum Gasteiger partial charge on any atom is 0.260 e. The van der Waals surface area contributed by atoms with Crippen LogP contribution in [0, 0.1) is 6.92 Å². The number of methoxy groups -OCH3 is 1. The van der Waals surface area contributed by atoms with Gasteiger partial charge in [0.05, 0.1) is 25.8 Å². The lowest BCUT2D eigenvalue weighted by molar-refractivity contribution is -0.908. The van der Waals surface area contributed by atoms with Crippen LogP contribution in [0.4, 0.5) is 0 Å². The van der Waals surface area contributed by atoms with Crippen molar-refractivity contribution in [2.24, 2.45) is 0 Å². The van der Waals surface area contributed by atoms with Crippen molar-refractivity contribution in [3.63, 3.8) is 0 Å². The number of aromatic amines is 1. The lowest BCUT2D eigenvalue weighted by Crippen LogP contribution is -3.06. The van der Waals surface area contributed by atoms with Crippen LogP contribution in [0.15, 0.2) is 51.2 Å². The van der Waals surface area contributed by atoms with Crippen LogP contribution in [-0.4, -0.2) is 24.1 Å². The number of rotatable bonds is 6. The van der Waals surface area contributed by atoms with Gasteiger partial charge in [0.2, 0.25) is 0 Å². The molecule has 4 aromatic rings. The number of benzene rings is 1. The highest BCUT2D eigenvalue weighted by atomic mass is 32.1. The molecule has 1 aromatic carbocycles. The standard InChI is InChI=1S/C21H21N3O3S/c1-13-6-7-16(26-3)14(9-13)10-24(2)11-18-22-20(25)19-15(12-28-21(19)23-18)17-5-4-8-27-17/h4-9,12H,10-11H2,1-3H3,(H,22,23,25)/p+1. The van der Waals surface area contributed by atoms with Gasteiger partial charge in [0, 0.05) is 16.5 Å². The van der Waals surface area contributed by atoms with E-state index in [4.69, 9.17) is 9.15 Å². The average Bonchev–Trinajstić information content (AvgIpc) is 3.31. The van der Waals surface area contributed by atoms with Gasteiger partial charge in [-0.15, -0.1) is 11.3 Å². The Labute approximate surface area is 166 Å². The van der Waals surface area contributed by atoms with Gasteiger partial charge in [-0.25, -0.2) is 4.98 Å². The molecule has 3 aromatic heterocycles. The number of nitrogens with one attached hydrogen (secondary N) is 2. The average molecular weight is 396 g/mol. The smallest absolute Gasteiger partial charge is 0.260 e. The molecule has 0 aliphatic carbocycles. The first kappa shape index (κ1) is 18.5. The van der Waals surface area contributed by atoms with E-state index in [1.165, 1.54) is 21.8 Å². The minimum Gasteiger partial charge on any atom is -0.496 e. The number of nitrogens with zero attached hydrogens (tertiary/aromatic N) is 1. The summed E-state index contributed by atoms with van der Waals surface area (Å²) in [6.45, 7) is 3.45. The summed E-state index contributed by atoms with van der Waals surface area (Å²) in [5, 5.41) is 2.51. The summed E-state index contributed by atoms with van der Waals surface area (Å²) in [6, 6.07) is 9.83. The Bertz CT molecular complexity index is 1160. The fourth-order valence-electron chi connectivity index (χ4n) is 3.41. The largest absolute Gasteiger partial charge is 0.496 e. The molecule has 1 unspecified atom stereocenters. The molecule has 2 N–H and O–H groups in total. The van der Waals surface area contributed by atoms with Crippen molar-refractivity contribution in [3.8, 4) is 17.1 Å². The third-order valence-corrected chi connectivity index (χ3v) is 5.55. The molecule has 28 heavy (non-hydrogen) atoms. The lowest BCUT2D eigenvalue weighted by atomic mass is 10.1. The molecule has 0 fully saturated rings. The second kappa shape index (κ2) is 7.61. The van der Waals surface area contributed by atoms with Crippen LogP contribution in [-0.2, 0) is 13.1 Å². The lowest BCUT2D eigenvalue weighted by Gasteiger charge is -2.16. The van der Waals surface area contributed by atoms with Gasteiger partial charge in [0.1, 0.15) is 29.4 Å². The minimum atomic E-state index is -0.131. The summed E-state index contributed by atoms with van der Waals surface area (Å²) in [5.41, 5.74) is 2.99. The summed E-state index contributed by atoms with van der Waals surface area (Å²) in [4.78, 5) is 22.3. The molecule has 1 atom stereocenters. The van der Waals surface area contributed by atoms with Gasteiger partial charge in [0.25, 0.3) is 5.56 Å². The molecular weight excluding hydrogens is 374 g/mol. The maximum atomic E-state index is 12.7. The first-order valence-electron chi connectivity index (χ1n) is 9.04. The topological polar surface area (TPSA) is 72.6 Å². The molecule has 6 nitrogen and oxygen atoms in total. The molecule has 0 aliphatic rings. The highest BCUT2D eigenvalue weighted by molar-refractivity contribution is 7.17. The zero-order valence-corrected chi connectivity index (χ0v) is 16.9. The highest BCUT2D eigenvalue weighted by Crippen LogP contribution is 2.30. The molecule has 0 aliphatic heterocycles. The first-order chi connectivity index (χ1) is 13.5. The van der Waals surface area contributed by atoms with E-state index in [0.29, 0.717) is 23.5 Å². The van der Waals surface area contributed by atoms with Crippen LogP contribution in [0.5, 0.6) is 5.75 Å². The van der Waals surface area contributed by atoms with Gasteiger partial charge in [0.15, 0.2) is 5.82 Å². The third-order valence-electron chi connectivity index (χ3n) is 4.68. The summed E-state index contributed by atoms with van der Waals surface area (Å²) in [5.74, 6) is 2.23. The summed E-state index contributed by atoms with van der Waals surface area (Å²) >= 11 is 1.46. The van der Waals surface area contributed by atoms with E-state index in [0.717, 1.165) is 28.3 Å². The minimum absolute atomic E-state index is 0.131. The molecule has 0 amide bonds. The Kier molecular flexibility index (Phi) is 5.02. The second-order valence-electron chi connectivity index (χ2n) is 6.95. The number of ether oxygens (including phenoxy) is 1. The molecule has 0 saturated heterocycles. The van der Waals surface area contributed by atoms with E-state index in [1.807, 2.05) is 29.6 Å². The van der Waals surface area contributed by atoms with Gasteiger partial charge in [-0.1, -0.05) is 11.6 Å². The molecule has 7 heteroatoms. The fourth-order valence-corrected chi connectivity index (χ4v) is 4.36. The van der Waals surface area contributed by atoms with Crippen molar-refractivity contribution in [3.05, 3.63) is 69.3 Å². The fraction of sp³-hybridized carbons (Fsp3) is 0.238. The number of quaternary nitrogens is 1. The van der Waals surface area contributed by atoms with Crippen molar-refractivity contribution >= 4 is 21.6 Å². The van der Waals surface area contributed by atoms with Crippen molar-refractivity contribution in [1.82, 2.24) is 9.97 Å². The zero-order valence-electron chi connectivity index (χ0n) is 16.0. The van der Waals surface area contributed by atoms with Crippen molar-refractivity contribution in [2.75, 3.05) is 14.2 Å². The number of hydrogen-bond acceptors (Lipinski definition) is 5. The summed E-state index contributed by atoms with van der Waals surface area (Å²) < 4.78 is 10.9. The molecule has 0 bridgehead atoms. The van der Waals surface area contributed by atoms with Crippen molar-refractivity contribution in [1.29, 1.82) is 0 Å². The SMILES string of the molecule is COc1ccc(C)cc1C[NH+](C)Cc1nc2scc(-c3ccco3)c2c(=O)[nH]1. The van der Waals surface area contributed by atoms with Crippen LogP contribution in [0.3, 0.4) is 0 Å². The predicted octanol–water partition coefficient (Wildman–Crippen LogP) is 2.78. The Morgan fingerprint density at radius 2 is 2.14 bits per heavy atom. The van der Waals surface area contributed by atoms with E-state index in [1.54, 1.807) is 13.4 Å². The Balaban J connectivity index is 1.59. The van der Waals surface area contributed by atoms with Gasteiger partial charge in [-0.2, -0.15) is 0 Å². The maximum absolute atomic E-state index is 12.7. The quantitative estimate of drug-likeness (QED) is 0.526. The molecule has 0 spiro atoms. The van der Waals surface area contributed by atoms with Crippen LogP contribution < -0.4 is 15.2 Å². The predicted molar refractivity (Wildman–Crippen MR) is 110 cm³/mol. The highest BCUT2D eigenvalue weighted by Gasteiger charge is 2.17. The van der Waals surface area contributed by atoms with Gasteiger partial charge >= 0.3 is 0 Å². The number of furan rings is 1. The van der Waals surface area contributed by atoms with Crippen LogP contribution in [0.2, 0.25) is 0 Å². The Morgan fingerprint density at radius 3 is 2.89 bits per heavy atom. The zero-order chi connectivity index (χ0) is 19.7.